The van der Waals surface area contributed by atoms with Gasteiger partial charge < -0.3 is 0 Å². The highest BCUT2D eigenvalue weighted by Gasteiger charge is 2.22. The van der Waals surface area contributed by atoms with Crippen molar-refractivity contribution in [2.24, 2.45) is 0 Å². The molecule has 1 aromatic heterocycles. The minimum atomic E-state index is -0.826. The maximum absolute atomic E-state index is 14.0. The molecule has 0 fully saturated rings. The summed E-state index contributed by atoms with van der Waals surface area (Å²) >= 11 is 1.39. The lowest BCUT2D eigenvalue weighted by Gasteiger charge is -2.06. The minimum Gasteiger partial charge on any atom is -0.288 e. The van der Waals surface area contributed by atoms with Gasteiger partial charge in [0, 0.05) is 21.0 Å². The van der Waals surface area contributed by atoms with E-state index in [1.54, 1.807) is 17.5 Å². The van der Waals surface area contributed by atoms with Crippen LogP contribution >= 0.6 is 11.3 Å². The van der Waals surface area contributed by atoms with Crippen molar-refractivity contribution < 1.29 is 13.6 Å². The van der Waals surface area contributed by atoms with E-state index < -0.39 is 23.0 Å². The largest absolute Gasteiger partial charge is 0.288 e. The second kappa shape index (κ2) is 4.80. The summed E-state index contributed by atoms with van der Waals surface area (Å²) in [4.78, 5) is 12.4. The zero-order chi connectivity index (χ0) is 14.3. The number of halogens is 2. The number of hydrogen-bond acceptors (Lipinski definition) is 2. The summed E-state index contributed by atoms with van der Waals surface area (Å²) in [5.74, 6) is -2.22. The van der Waals surface area contributed by atoms with E-state index in [0.717, 1.165) is 16.2 Å². The van der Waals surface area contributed by atoms with Crippen LogP contribution in [0, 0.1) is 18.6 Å². The van der Waals surface area contributed by atoms with E-state index >= 15 is 0 Å². The molecule has 100 valence electrons. The van der Waals surface area contributed by atoms with Gasteiger partial charge in [-0.25, -0.2) is 8.78 Å². The Labute approximate surface area is 118 Å². The van der Waals surface area contributed by atoms with Crippen molar-refractivity contribution in [2.75, 3.05) is 0 Å². The Morgan fingerprint density at radius 2 is 1.85 bits per heavy atom. The van der Waals surface area contributed by atoms with Gasteiger partial charge in [-0.1, -0.05) is 24.3 Å². The molecule has 1 heterocycles. The summed E-state index contributed by atoms with van der Waals surface area (Å²) in [6.45, 7) is 1.51. The highest BCUT2D eigenvalue weighted by molar-refractivity contribution is 7.17. The lowest BCUT2D eigenvalue weighted by Crippen LogP contribution is -2.08. The zero-order valence-electron chi connectivity index (χ0n) is 10.6. The molecule has 3 aromatic rings. The van der Waals surface area contributed by atoms with E-state index in [0.29, 0.717) is 5.56 Å². The van der Waals surface area contributed by atoms with Crippen molar-refractivity contribution >= 4 is 27.2 Å². The monoisotopic (exact) mass is 288 g/mol. The Bertz CT molecular complexity index is 820. The Morgan fingerprint density at radius 1 is 1.10 bits per heavy atom. The average Bonchev–Trinajstić information content (AvgIpc) is 2.87. The van der Waals surface area contributed by atoms with E-state index in [-0.39, 0.29) is 5.56 Å². The molecule has 0 aliphatic carbocycles. The lowest BCUT2D eigenvalue weighted by molar-refractivity contribution is 0.103. The predicted octanol–water partition coefficient (Wildman–Crippen LogP) is 4.72. The molecule has 0 aliphatic heterocycles. The molecule has 0 atom stereocenters. The number of hydrogen-bond donors (Lipinski definition) is 0. The van der Waals surface area contributed by atoms with Gasteiger partial charge in [-0.15, -0.1) is 11.3 Å². The summed E-state index contributed by atoms with van der Waals surface area (Å²) in [6.07, 6.45) is 0. The van der Waals surface area contributed by atoms with E-state index in [4.69, 9.17) is 0 Å². The molecule has 0 saturated heterocycles. The number of benzene rings is 2. The first kappa shape index (κ1) is 12.9. The molecule has 0 unspecified atom stereocenters. The molecule has 0 radical (unpaired) electrons. The van der Waals surface area contributed by atoms with E-state index in [2.05, 4.69) is 0 Å². The van der Waals surface area contributed by atoms with Gasteiger partial charge in [0.2, 0.25) is 0 Å². The number of thiophene rings is 1. The molecule has 0 N–H and O–H groups in total. The van der Waals surface area contributed by atoms with Gasteiger partial charge in [0.1, 0.15) is 11.6 Å². The third kappa shape index (κ3) is 1.93. The zero-order valence-corrected chi connectivity index (χ0v) is 11.4. The summed E-state index contributed by atoms with van der Waals surface area (Å²) in [6, 6.07) is 9.77. The molecule has 0 saturated carbocycles. The van der Waals surface area contributed by atoms with Gasteiger partial charge in [-0.2, -0.15) is 0 Å². The second-order valence-corrected chi connectivity index (χ2v) is 5.44. The number of ketones is 1. The van der Waals surface area contributed by atoms with Crippen molar-refractivity contribution in [2.45, 2.75) is 6.92 Å². The quantitative estimate of drug-likeness (QED) is 0.624. The van der Waals surface area contributed by atoms with Gasteiger partial charge in [0.05, 0.1) is 5.56 Å². The second-order valence-electron chi connectivity index (χ2n) is 4.53. The Balaban J connectivity index is 2.21. The van der Waals surface area contributed by atoms with Crippen LogP contribution in [0.15, 0.2) is 41.8 Å². The third-order valence-corrected chi connectivity index (χ3v) is 4.20. The maximum atomic E-state index is 14.0. The molecule has 0 bridgehead atoms. The first-order valence-corrected chi connectivity index (χ1v) is 6.93. The molecule has 0 aliphatic rings. The smallest absolute Gasteiger partial charge is 0.200 e. The minimum absolute atomic E-state index is 0.259. The normalized spacial score (nSPS) is 10.9. The SMILES string of the molecule is Cc1ccc(F)c(C(=O)c2csc3ccccc23)c1F. The molecular formula is C16H10F2OS. The molecular weight excluding hydrogens is 278 g/mol. The first-order valence-electron chi connectivity index (χ1n) is 6.05. The van der Waals surface area contributed by atoms with Crippen LogP contribution in [-0.4, -0.2) is 5.78 Å². The highest BCUT2D eigenvalue weighted by atomic mass is 32.1. The van der Waals surface area contributed by atoms with Crippen LogP contribution in [0.1, 0.15) is 21.5 Å². The summed E-state index contributed by atoms with van der Waals surface area (Å²) < 4.78 is 28.8. The van der Waals surface area contributed by atoms with E-state index in [9.17, 15) is 13.6 Å². The molecule has 4 heteroatoms. The Morgan fingerprint density at radius 3 is 2.65 bits per heavy atom. The predicted molar refractivity (Wildman–Crippen MR) is 76.4 cm³/mol. The third-order valence-electron chi connectivity index (χ3n) is 3.24. The number of carbonyl (C=O) groups excluding carboxylic acids is 1. The Hall–Kier alpha value is -2.07. The van der Waals surface area contributed by atoms with Crippen molar-refractivity contribution in [3.8, 4) is 0 Å². The fourth-order valence-corrected chi connectivity index (χ4v) is 3.09. The fraction of sp³-hybridized carbons (Fsp3) is 0.0625. The van der Waals surface area contributed by atoms with E-state index in [1.165, 1.54) is 24.3 Å². The number of fused-ring (bicyclic) bond motifs is 1. The van der Waals surface area contributed by atoms with Crippen LogP contribution in [0.25, 0.3) is 10.1 Å². The number of carbonyl (C=O) groups is 1. The molecule has 0 amide bonds. The van der Waals surface area contributed by atoms with Crippen LogP contribution in [0.2, 0.25) is 0 Å². The van der Waals surface area contributed by atoms with E-state index in [1.807, 2.05) is 12.1 Å². The molecule has 20 heavy (non-hydrogen) atoms. The summed E-state index contributed by atoms with van der Waals surface area (Å²) in [5.41, 5.74) is 0.122. The topological polar surface area (TPSA) is 17.1 Å². The summed E-state index contributed by atoms with van der Waals surface area (Å²) in [5, 5.41) is 2.37. The number of aryl methyl sites for hydroxylation is 1. The van der Waals surface area contributed by atoms with Crippen LogP contribution in [0.5, 0.6) is 0 Å². The van der Waals surface area contributed by atoms with Gasteiger partial charge in [0.25, 0.3) is 0 Å². The van der Waals surface area contributed by atoms with Crippen molar-refractivity contribution in [1.82, 2.24) is 0 Å². The van der Waals surface area contributed by atoms with Gasteiger partial charge in [0.15, 0.2) is 5.78 Å². The molecule has 1 nitrogen and oxygen atoms in total. The average molecular weight is 288 g/mol. The number of rotatable bonds is 2. The van der Waals surface area contributed by atoms with Crippen molar-refractivity contribution in [3.63, 3.8) is 0 Å². The molecule has 0 spiro atoms. The first-order chi connectivity index (χ1) is 9.59. The van der Waals surface area contributed by atoms with Crippen LogP contribution in [0.3, 0.4) is 0 Å². The van der Waals surface area contributed by atoms with Crippen LogP contribution in [0.4, 0.5) is 8.78 Å². The fourth-order valence-electron chi connectivity index (χ4n) is 2.15. The molecule has 3 rings (SSSR count). The van der Waals surface area contributed by atoms with Gasteiger partial charge >= 0.3 is 0 Å². The van der Waals surface area contributed by atoms with Crippen LogP contribution < -0.4 is 0 Å². The van der Waals surface area contributed by atoms with Crippen LogP contribution in [-0.2, 0) is 0 Å². The molecule has 2 aromatic carbocycles. The van der Waals surface area contributed by atoms with Crippen molar-refractivity contribution in [3.05, 3.63) is 70.1 Å². The lowest BCUT2D eigenvalue weighted by atomic mass is 10.00. The standard InChI is InChI=1S/C16H10F2OS/c1-9-6-7-12(17)14(15(9)18)16(19)11-8-20-13-5-3-2-4-10(11)13/h2-8H,1H3. The summed E-state index contributed by atoms with van der Waals surface area (Å²) in [7, 11) is 0. The Kier molecular flexibility index (Phi) is 3.10. The van der Waals surface area contributed by atoms with Gasteiger partial charge in [-0.05, 0) is 24.6 Å². The van der Waals surface area contributed by atoms with Gasteiger partial charge in [-0.3, -0.25) is 4.79 Å². The highest BCUT2D eigenvalue weighted by Crippen LogP contribution is 2.29. The maximum Gasteiger partial charge on any atom is 0.200 e. The van der Waals surface area contributed by atoms with Crippen molar-refractivity contribution in [1.29, 1.82) is 0 Å².